The summed E-state index contributed by atoms with van der Waals surface area (Å²) in [5.41, 5.74) is 6.55. The van der Waals surface area contributed by atoms with E-state index in [1.807, 2.05) is 97.1 Å². The molecule has 5 aromatic rings. The van der Waals surface area contributed by atoms with Crippen molar-refractivity contribution in [2.24, 2.45) is 5.92 Å². The summed E-state index contributed by atoms with van der Waals surface area (Å²) in [6, 6.07) is 33.8. The molecule has 1 aromatic heterocycles. The van der Waals surface area contributed by atoms with E-state index in [9.17, 15) is 9.90 Å². The average molecular weight is 664 g/mol. The van der Waals surface area contributed by atoms with E-state index in [2.05, 4.69) is 40.4 Å². The molecule has 2 N–H and O–H groups in total. The number of aliphatic hydroxyl groups excluding tert-OH is 1. The Balaban J connectivity index is 1.23. The quantitative estimate of drug-likeness (QED) is 0.109. The predicted molar refractivity (Wildman–Crippen MR) is 183 cm³/mol. The number of hydrogen-bond donors (Lipinski definition) is 2. The lowest BCUT2D eigenvalue weighted by atomic mass is 9.91. The van der Waals surface area contributed by atoms with Gasteiger partial charge < -0.3 is 24.6 Å². The van der Waals surface area contributed by atoms with E-state index in [0.29, 0.717) is 17.5 Å². The molecular formula is C37H37N5O5S. The van der Waals surface area contributed by atoms with Crippen molar-refractivity contribution < 1.29 is 24.1 Å². The van der Waals surface area contributed by atoms with Crippen molar-refractivity contribution in [3.63, 3.8) is 0 Å². The SMILES string of the molecule is C=CCOC(=O)NCc1cccc(-c2cccc([C@@H]3O[C@H](CSc4nnnn4-c4ccccc4)[C@H](C)[C@H](c4ccc(CO)cc4)O3)c2)c1. The van der Waals surface area contributed by atoms with E-state index in [4.69, 9.17) is 14.2 Å². The number of para-hydroxylation sites is 1. The third-order valence-corrected chi connectivity index (χ3v) is 9.14. The number of rotatable bonds is 12. The minimum absolute atomic E-state index is 0.000293. The van der Waals surface area contributed by atoms with Gasteiger partial charge in [0.2, 0.25) is 5.16 Å². The lowest BCUT2D eigenvalue weighted by Crippen LogP contribution is -2.38. The molecule has 1 aliphatic rings. The fourth-order valence-corrected chi connectivity index (χ4v) is 6.61. The van der Waals surface area contributed by atoms with Crippen molar-refractivity contribution in [2.45, 2.75) is 43.7 Å². The fourth-order valence-electron chi connectivity index (χ4n) is 5.55. The van der Waals surface area contributed by atoms with Crippen LogP contribution in [0.2, 0.25) is 0 Å². The van der Waals surface area contributed by atoms with Crippen LogP contribution >= 0.6 is 11.8 Å². The molecule has 0 saturated carbocycles. The Labute approximate surface area is 283 Å². The molecule has 10 nitrogen and oxygen atoms in total. The molecule has 1 saturated heterocycles. The number of nitrogens with one attached hydrogen (secondary N) is 1. The monoisotopic (exact) mass is 663 g/mol. The molecule has 4 aromatic carbocycles. The molecule has 246 valence electrons. The zero-order valence-corrected chi connectivity index (χ0v) is 27.3. The van der Waals surface area contributed by atoms with Crippen molar-refractivity contribution in [3.8, 4) is 16.8 Å². The smallest absolute Gasteiger partial charge is 0.407 e. The van der Waals surface area contributed by atoms with Gasteiger partial charge in [-0.2, -0.15) is 4.68 Å². The first-order valence-electron chi connectivity index (χ1n) is 15.7. The van der Waals surface area contributed by atoms with Gasteiger partial charge in [0.1, 0.15) is 6.61 Å². The molecule has 0 unspecified atom stereocenters. The molecule has 6 rings (SSSR count). The van der Waals surface area contributed by atoms with Crippen molar-refractivity contribution in [3.05, 3.63) is 138 Å². The number of aliphatic hydroxyl groups is 1. The van der Waals surface area contributed by atoms with Gasteiger partial charge >= 0.3 is 6.09 Å². The Kier molecular flexibility index (Phi) is 10.9. The summed E-state index contributed by atoms with van der Waals surface area (Å²) in [4.78, 5) is 11.9. The van der Waals surface area contributed by atoms with Gasteiger partial charge in [0.25, 0.3) is 0 Å². The Hall–Kier alpha value is -4.81. The molecule has 0 aliphatic carbocycles. The van der Waals surface area contributed by atoms with Crippen molar-refractivity contribution in [2.75, 3.05) is 12.4 Å². The average Bonchev–Trinajstić information content (AvgIpc) is 3.62. The van der Waals surface area contributed by atoms with Crippen molar-refractivity contribution in [1.82, 2.24) is 25.5 Å². The summed E-state index contributed by atoms with van der Waals surface area (Å²) in [6.07, 6.45) is -0.0564. The van der Waals surface area contributed by atoms with E-state index in [0.717, 1.165) is 39.1 Å². The van der Waals surface area contributed by atoms with E-state index in [-0.39, 0.29) is 31.3 Å². The third-order valence-electron chi connectivity index (χ3n) is 8.13. The number of benzene rings is 4. The maximum Gasteiger partial charge on any atom is 0.407 e. The second-order valence-electron chi connectivity index (χ2n) is 11.4. The number of carbonyl (C=O) groups excluding carboxylic acids is 1. The highest BCUT2D eigenvalue weighted by molar-refractivity contribution is 7.99. The first-order chi connectivity index (χ1) is 23.5. The van der Waals surface area contributed by atoms with Crippen LogP contribution in [0, 0.1) is 5.92 Å². The summed E-state index contributed by atoms with van der Waals surface area (Å²) in [7, 11) is 0. The molecule has 0 bridgehead atoms. The van der Waals surface area contributed by atoms with Crippen LogP contribution in [0.5, 0.6) is 0 Å². The normalized spacial score (nSPS) is 19.0. The number of hydrogen-bond acceptors (Lipinski definition) is 9. The Bertz CT molecular complexity index is 1820. The molecule has 1 fully saturated rings. The highest BCUT2D eigenvalue weighted by Crippen LogP contribution is 2.43. The maximum absolute atomic E-state index is 11.9. The summed E-state index contributed by atoms with van der Waals surface area (Å²) in [6.45, 7) is 6.17. The second kappa shape index (κ2) is 15.9. The number of thioether (sulfide) groups is 1. The van der Waals surface area contributed by atoms with E-state index in [1.165, 1.54) is 6.08 Å². The molecule has 0 spiro atoms. The molecule has 0 radical (unpaired) electrons. The minimum Gasteiger partial charge on any atom is -0.445 e. The van der Waals surface area contributed by atoms with Gasteiger partial charge in [-0.1, -0.05) is 110 Å². The zero-order valence-electron chi connectivity index (χ0n) is 26.5. The van der Waals surface area contributed by atoms with Gasteiger partial charge in [0.15, 0.2) is 6.29 Å². The summed E-state index contributed by atoms with van der Waals surface area (Å²) >= 11 is 1.54. The Morgan fingerprint density at radius 3 is 2.50 bits per heavy atom. The number of ether oxygens (including phenoxy) is 3. The Morgan fingerprint density at radius 1 is 0.958 bits per heavy atom. The lowest BCUT2D eigenvalue weighted by molar-refractivity contribution is -0.268. The predicted octanol–water partition coefficient (Wildman–Crippen LogP) is 6.82. The summed E-state index contributed by atoms with van der Waals surface area (Å²) in [5.74, 6) is 0.601. The number of tetrazole rings is 1. The second-order valence-corrected chi connectivity index (χ2v) is 12.4. The first kappa shape index (κ1) is 33.1. The number of carbonyl (C=O) groups is 1. The number of nitrogens with zero attached hydrogens (tertiary/aromatic N) is 4. The molecule has 1 amide bonds. The highest BCUT2D eigenvalue weighted by atomic mass is 32.2. The standard InChI is InChI=1S/C37H37N5O5S/c1-3-19-45-37(44)38-22-27-9-7-10-29(20-27)30-11-8-12-31(21-30)35-46-33(25(2)34(47-35)28-17-15-26(23-43)16-18-28)24-48-36-39-40-41-42(36)32-13-5-4-6-14-32/h3-18,20-21,25,33-35,43H,1,19,22-24H2,2H3,(H,38,44)/t25-,33+,34+,35+/m0/s1. The molecular weight excluding hydrogens is 627 g/mol. The van der Waals surface area contributed by atoms with Crippen LogP contribution in [0.4, 0.5) is 4.79 Å². The van der Waals surface area contributed by atoms with Gasteiger partial charge in [-0.3, -0.25) is 0 Å². The first-order valence-corrected chi connectivity index (χ1v) is 16.7. The zero-order chi connectivity index (χ0) is 33.3. The summed E-state index contributed by atoms with van der Waals surface area (Å²) in [5, 5.41) is 25.5. The van der Waals surface area contributed by atoms with Crippen molar-refractivity contribution >= 4 is 17.9 Å². The topological polar surface area (TPSA) is 121 Å². The molecule has 1 aliphatic heterocycles. The van der Waals surface area contributed by atoms with Gasteiger partial charge in [-0.05, 0) is 62.5 Å². The molecule has 11 heteroatoms. The summed E-state index contributed by atoms with van der Waals surface area (Å²) < 4.78 is 20.2. The highest BCUT2D eigenvalue weighted by Gasteiger charge is 2.38. The van der Waals surface area contributed by atoms with E-state index >= 15 is 0 Å². The van der Waals surface area contributed by atoms with Crippen LogP contribution in [-0.2, 0) is 27.4 Å². The van der Waals surface area contributed by atoms with Crippen LogP contribution < -0.4 is 5.32 Å². The Morgan fingerprint density at radius 2 is 1.73 bits per heavy atom. The number of alkyl carbamates (subject to hydrolysis) is 1. The molecule has 2 heterocycles. The van der Waals surface area contributed by atoms with E-state index in [1.54, 1.807) is 16.4 Å². The van der Waals surface area contributed by atoms with Gasteiger partial charge in [0, 0.05) is 23.8 Å². The number of amides is 1. The van der Waals surface area contributed by atoms with Gasteiger partial charge in [-0.15, -0.1) is 5.10 Å². The van der Waals surface area contributed by atoms with Crippen LogP contribution in [0.15, 0.2) is 121 Å². The van der Waals surface area contributed by atoms with Crippen molar-refractivity contribution in [1.29, 1.82) is 0 Å². The molecule has 48 heavy (non-hydrogen) atoms. The van der Waals surface area contributed by atoms with E-state index < -0.39 is 12.4 Å². The van der Waals surface area contributed by atoms with Crippen LogP contribution in [0.1, 0.15) is 41.6 Å². The van der Waals surface area contributed by atoms with Crippen LogP contribution in [0.25, 0.3) is 16.8 Å². The van der Waals surface area contributed by atoms with Crippen LogP contribution in [0.3, 0.4) is 0 Å². The lowest BCUT2D eigenvalue weighted by Gasteiger charge is -2.41. The fraction of sp³-hybridized carbons (Fsp3) is 0.243. The third kappa shape index (κ3) is 8.00. The number of aromatic nitrogens is 4. The molecule has 4 atom stereocenters. The van der Waals surface area contributed by atoms with Gasteiger partial charge in [0.05, 0.1) is 24.5 Å². The minimum atomic E-state index is -0.635. The largest absolute Gasteiger partial charge is 0.445 e. The van der Waals surface area contributed by atoms with Gasteiger partial charge in [-0.25, -0.2) is 4.79 Å². The van der Waals surface area contributed by atoms with Crippen LogP contribution in [-0.4, -0.2) is 49.9 Å². The maximum atomic E-state index is 11.9.